The Balaban J connectivity index is 2.45. The van der Waals surface area contributed by atoms with E-state index in [0.29, 0.717) is 5.41 Å². The first-order valence-electron chi connectivity index (χ1n) is 7.80. The molecule has 0 aliphatic rings. The molecular formula is C18H31NO. The zero-order chi connectivity index (χ0) is 15.0. The first-order valence-corrected chi connectivity index (χ1v) is 7.80. The predicted molar refractivity (Wildman–Crippen MR) is 87.1 cm³/mol. The fourth-order valence-corrected chi connectivity index (χ4v) is 2.13. The zero-order valence-electron chi connectivity index (χ0n) is 13.8. The molecule has 0 spiro atoms. The number of hydrogen-bond donors (Lipinski definition) is 1. The molecule has 0 heterocycles. The van der Waals surface area contributed by atoms with Crippen molar-refractivity contribution in [1.29, 1.82) is 0 Å². The average molecular weight is 277 g/mol. The average Bonchev–Trinajstić information content (AvgIpc) is 2.39. The van der Waals surface area contributed by atoms with Crippen molar-refractivity contribution < 1.29 is 4.74 Å². The van der Waals surface area contributed by atoms with E-state index in [0.717, 1.165) is 26.1 Å². The van der Waals surface area contributed by atoms with Crippen molar-refractivity contribution in [1.82, 2.24) is 5.32 Å². The van der Waals surface area contributed by atoms with Crippen LogP contribution in [0.1, 0.15) is 57.7 Å². The predicted octanol–water partition coefficient (Wildman–Crippen LogP) is 4.35. The van der Waals surface area contributed by atoms with Gasteiger partial charge in [0.2, 0.25) is 0 Å². The molecule has 1 rings (SSSR count). The molecule has 0 saturated heterocycles. The van der Waals surface area contributed by atoms with Gasteiger partial charge in [0.05, 0.1) is 12.6 Å². The van der Waals surface area contributed by atoms with Crippen LogP contribution in [0.5, 0.6) is 0 Å². The highest BCUT2D eigenvalue weighted by Gasteiger charge is 2.12. The highest BCUT2D eigenvalue weighted by atomic mass is 16.5. The van der Waals surface area contributed by atoms with Crippen LogP contribution in [0.2, 0.25) is 0 Å². The molecule has 0 fully saturated rings. The number of ether oxygens (including phenoxy) is 1. The molecule has 2 heteroatoms. The summed E-state index contributed by atoms with van der Waals surface area (Å²) in [4.78, 5) is 0. The SMILES string of the molecule is CCCc1ccc(C(COCCC(C)(C)C)NC)cc1. The van der Waals surface area contributed by atoms with E-state index in [2.05, 4.69) is 57.3 Å². The van der Waals surface area contributed by atoms with Crippen LogP contribution in [0.3, 0.4) is 0 Å². The summed E-state index contributed by atoms with van der Waals surface area (Å²) < 4.78 is 5.83. The second kappa shape index (κ2) is 8.43. The van der Waals surface area contributed by atoms with Crippen LogP contribution < -0.4 is 5.32 Å². The van der Waals surface area contributed by atoms with Crippen molar-refractivity contribution in [3.63, 3.8) is 0 Å². The number of nitrogens with one attached hydrogen (secondary N) is 1. The van der Waals surface area contributed by atoms with Crippen molar-refractivity contribution in [3.05, 3.63) is 35.4 Å². The van der Waals surface area contributed by atoms with Crippen LogP contribution in [-0.4, -0.2) is 20.3 Å². The van der Waals surface area contributed by atoms with E-state index in [1.165, 1.54) is 17.5 Å². The van der Waals surface area contributed by atoms with Gasteiger partial charge in [-0.25, -0.2) is 0 Å². The first-order chi connectivity index (χ1) is 9.46. The molecule has 1 aromatic carbocycles. The summed E-state index contributed by atoms with van der Waals surface area (Å²) in [6.45, 7) is 10.5. The minimum atomic E-state index is 0.283. The van der Waals surface area contributed by atoms with Gasteiger partial charge in [0.1, 0.15) is 0 Å². The van der Waals surface area contributed by atoms with Gasteiger partial charge in [-0.1, -0.05) is 58.4 Å². The monoisotopic (exact) mass is 277 g/mol. The van der Waals surface area contributed by atoms with E-state index in [-0.39, 0.29) is 6.04 Å². The van der Waals surface area contributed by atoms with Gasteiger partial charge in [0.15, 0.2) is 0 Å². The maximum Gasteiger partial charge on any atom is 0.0661 e. The van der Waals surface area contributed by atoms with Crippen LogP contribution in [0.4, 0.5) is 0 Å². The molecule has 0 amide bonds. The van der Waals surface area contributed by atoms with E-state index in [4.69, 9.17) is 4.74 Å². The highest BCUT2D eigenvalue weighted by molar-refractivity contribution is 5.25. The van der Waals surface area contributed by atoms with Gasteiger partial charge in [0.25, 0.3) is 0 Å². The molecule has 1 unspecified atom stereocenters. The fraction of sp³-hybridized carbons (Fsp3) is 0.667. The molecule has 1 N–H and O–H groups in total. The van der Waals surface area contributed by atoms with Gasteiger partial charge in [0, 0.05) is 6.61 Å². The van der Waals surface area contributed by atoms with Gasteiger partial charge in [-0.3, -0.25) is 0 Å². The molecule has 0 aromatic heterocycles. The Morgan fingerprint density at radius 3 is 2.30 bits per heavy atom. The summed E-state index contributed by atoms with van der Waals surface area (Å²) in [5.74, 6) is 0. The summed E-state index contributed by atoms with van der Waals surface area (Å²) in [6, 6.07) is 9.19. The molecule has 0 bridgehead atoms. The summed E-state index contributed by atoms with van der Waals surface area (Å²) >= 11 is 0. The van der Waals surface area contributed by atoms with E-state index in [1.807, 2.05) is 7.05 Å². The highest BCUT2D eigenvalue weighted by Crippen LogP contribution is 2.19. The smallest absolute Gasteiger partial charge is 0.0661 e. The fourth-order valence-electron chi connectivity index (χ4n) is 2.13. The Morgan fingerprint density at radius 2 is 1.80 bits per heavy atom. The molecule has 1 atom stereocenters. The Morgan fingerprint density at radius 1 is 1.15 bits per heavy atom. The summed E-state index contributed by atoms with van der Waals surface area (Å²) in [6.07, 6.45) is 3.45. The van der Waals surface area contributed by atoms with Crippen molar-refractivity contribution in [2.45, 2.75) is 53.0 Å². The molecular weight excluding hydrogens is 246 g/mol. The van der Waals surface area contributed by atoms with Gasteiger partial charge in [-0.15, -0.1) is 0 Å². The third kappa shape index (κ3) is 6.53. The Labute approximate surface area is 124 Å². The standard InChI is InChI=1S/C18H31NO/c1-6-7-15-8-10-16(11-9-15)17(19-5)14-20-13-12-18(2,3)4/h8-11,17,19H,6-7,12-14H2,1-5H3. The van der Waals surface area contributed by atoms with Crippen LogP contribution in [-0.2, 0) is 11.2 Å². The van der Waals surface area contributed by atoms with E-state index < -0.39 is 0 Å². The second-order valence-electron chi connectivity index (χ2n) is 6.72. The molecule has 0 radical (unpaired) electrons. The van der Waals surface area contributed by atoms with Crippen LogP contribution in [0, 0.1) is 5.41 Å². The summed E-state index contributed by atoms with van der Waals surface area (Å²) in [5, 5.41) is 3.34. The van der Waals surface area contributed by atoms with Gasteiger partial charge in [-0.2, -0.15) is 0 Å². The van der Waals surface area contributed by atoms with Crippen molar-refractivity contribution >= 4 is 0 Å². The molecule has 1 aromatic rings. The lowest BCUT2D eigenvalue weighted by Gasteiger charge is -2.20. The molecule has 2 nitrogen and oxygen atoms in total. The Hall–Kier alpha value is -0.860. The van der Waals surface area contributed by atoms with Crippen LogP contribution in [0.25, 0.3) is 0 Å². The second-order valence-corrected chi connectivity index (χ2v) is 6.72. The molecule has 0 aliphatic heterocycles. The first kappa shape index (κ1) is 17.2. The number of aryl methyl sites for hydroxylation is 1. The quantitative estimate of drug-likeness (QED) is 0.713. The third-order valence-electron chi connectivity index (χ3n) is 3.55. The molecule has 0 aliphatic carbocycles. The largest absolute Gasteiger partial charge is 0.379 e. The number of likely N-dealkylation sites (N-methyl/N-ethyl adjacent to an activating group) is 1. The van der Waals surface area contributed by atoms with Gasteiger partial charge in [-0.05, 0) is 36.4 Å². The number of hydrogen-bond acceptors (Lipinski definition) is 2. The van der Waals surface area contributed by atoms with Gasteiger partial charge < -0.3 is 10.1 Å². The Bertz CT molecular complexity index is 364. The molecule has 20 heavy (non-hydrogen) atoms. The number of rotatable bonds is 8. The lowest BCUT2D eigenvalue weighted by Crippen LogP contribution is -2.22. The zero-order valence-corrected chi connectivity index (χ0v) is 13.8. The molecule has 114 valence electrons. The van der Waals surface area contributed by atoms with Crippen molar-refractivity contribution in [2.24, 2.45) is 5.41 Å². The third-order valence-corrected chi connectivity index (χ3v) is 3.55. The number of benzene rings is 1. The minimum Gasteiger partial charge on any atom is -0.379 e. The van der Waals surface area contributed by atoms with E-state index >= 15 is 0 Å². The van der Waals surface area contributed by atoms with E-state index in [1.54, 1.807) is 0 Å². The minimum absolute atomic E-state index is 0.283. The normalized spacial score (nSPS) is 13.4. The van der Waals surface area contributed by atoms with Crippen molar-refractivity contribution in [2.75, 3.05) is 20.3 Å². The maximum absolute atomic E-state index is 5.83. The topological polar surface area (TPSA) is 21.3 Å². The van der Waals surface area contributed by atoms with Crippen LogP contribution in [0.15, 0.2) is 24.3 Å². The lowest BCUT2D eigenvalue weighted by atomic mass is 9.93. The Kier molecular flexibility index (Phi) is 7.25. The van der Waals surface area contributed by atoms with E-state index in [9.17, 15) is 0 Å². The lowest BCUT2D eigenvalue weighted by molar-refractivity contribution is 0.0914. The maximum atomic E-state index is 5.83. The summed E-state index contributed by atoms with van der Waals surface area (Å²) in [5.41, 5.74) is 3.07. The molecule has 0 saturated carbocycles. The van der Waals surface area contributed by atoms with Gasteiger partial charge >= 0.3 is 0 Å². The van der Waals surface area contributed by atoms with Crippen LogP contribution >= 0.6 is 0 Å². The summed E-state index contributed by atoms with van der Waals surface area (Å²) in [7, 11) is 2.00. The van der Waals surface area contributed by atoms with Crippen molar-refractivity contribution in [3.8, 4) is 0 Å².